The van der Waals surface area contributed by atoms with E-state index >= 15 is 0 Å². The average molecular weight is 292 g/mol. The predicted octanol–water partition coefficient (Wildman–Crippen LogP) is 4.01. The van der Waals surface area contributed by atoms with Gasteiger partial charge in [0.2, 0.25) is 0 Å². The van der Waals surface area contributed by atoms with E-state index in [4.69, 9.17) is 9.90 Å². The molecule has 0 aromatic heterocycles. The van der Waals surface area contributed by atoms with Crippen LogP contribution in [0.5, 0.6) is 0 Å². The molecule has 4 heteroatoms. The van der Waals surface area contributed by atoms with Gasteiger partial charge in [-0.2, -0.15) is 0 Å². The van der Waals surface area contributed by atoms with Crippen LogP contribution in [0.25, 0.3) is 0 Å². The van der Waals surface area contributed by atoms with E-state index in [1.54, 1.807) is 18.5 Å². The highest BCUT2D eigenvalue weighted by molar-refractivity contribution is 7.75. The van der Waals surface area contributed by atoms with Crippen molar-refractivity contribution in [1.29, 1.82) is 0 Å². The van der Waals surface area contributed by atoms with Gasteiger partial charge in [0.1, 0.15) is 0 Å². The summed E-state index contributed by atoms with van der Waals surface area (Å²) in [5, 5.41) is 9.03. The average Bonchev–Trinajstić information content (AvgIpc) is 2.41. The molecule has 0 radical (unpaired) electrons. The Bertz CT molecular complexity index is 186. The zero-order valence-electron chi connectivity index (χ0n) is 13.5. The molecule has 0 heterocycles. The van der Waals surface area contributed by atoms with Gasteiger partial charge in [0, 0.05) is 21.0 Å². The SMILES string of the molecule is CCCC[P+](C)(CCCC)CCCC.COC(=O)[O-]. The van der Waals surface area contributed by atoms with E-state index in [1.807, 2.05) is 0 Å². The molecule has 0 aromatic carbocycles. The van der Waals surface area contributed by atoms with Crippen molar-refractivity contribution >= 4 is 13.4 Å². The molecular formula is C15H33O3P. The van der Waals surface area contributed by atoms with Gasteiger partial charge >= 0.3 is 0 Å². The largest absolute Gasteiger partial charge is 0.553 e. The van der Waals surface area contributed by atoms with E-state index in [9.17, 15) is 0 Å². The second-order valence-electron chi connectivity index (χ2n) is 5.31. The first-order valence-corrected chi connectivity index (χ1v) is 10.3. The lowest BCUT2D eigenvalue weighted by Crippen LogP contribution is -2.21. The summed E-state index contributed by atoms with van der Waals surface area (Å²) in [5.74, 6) is 0. The van der Waals surface area contributed by atoms with Gasteiger partial charge in [0.25, 0.3) is 6.16 Å². The summed E-state index contributed by atoms with van der Waals surface area (Å²) >= 11 is 0. The maximum absolute atomic E-state index is 9.03. The Balaban J connectivity index is 0. The molecule has 0 N–H and O–H groups in total. The van der Waals surface area contributed by atoms with Gasteiger partial charge < -0.3 is 14.6 Å². The van der Waals surface area contributed by atoms with Crippen LogP contribution >= 0.6 is 7.26 Å². The fourth-order valence-corrected chi connectivity index (χ4v) is 5.86. The standard InChI is InChI=1S/C13H30P.C2H4O3/c1-5-8-11-14(4,12-9-6-2)13-10-7-3;1-5-2(3)4/h5-13H2,1-4H3;1H3,(H,3,4)/q+1;/p-1. The zero-order chi connectivity index (χ0) is 15.1. The van der Waals surface area contributed by atoms with E-state index in [0.29, 0.717) is 0 Å². The van der Waals surface area contributed by atoms with Gasteiger partial charge in [-0.05, 0) is 19.3 Å². The minimum atomic E-state index is -1.50. The first-order valence-electron chi connectivity index (χ1n) is 7.54. The predicted molar refractivity (Wildman–Crippen MR) is 84.6 cm³/mol. The summed E-state index contributed by atoms with van der Waals surface area (Å²) in [6.07, 6.45) is 11.7. The van der Waals surface area contributed by atoms with E-state index in [-0.39, 0.29) is 0 Å². The van der Waals surface area contributed by atoms with Crippen molar-refractivity contribution in [2.75, 3.05) is 32.3 Å². The molecule has 3 nitrogen and oxygen atoms in total. The number of methoxy groups -OCH3 is 1. The molecule has 0 aliphatic rings. The van der Waals surface area contributed by atoms with Crippen LogP contribution in [0.3, 0.4) is 0 Å². The Labute approximate surface area is 120 Å². The molecule has 0 fully saturated rings. The molecule has 0 aliphatic heterocycles. The minimum absolute atomic E-state index is 0.519. The van der Waals surface area contributed by atoms with Crippen molar-refractivity contribution in [2.45, 2.75) is 59.3 Å². The smallest absolute Gasteiger partial charge is 0.251 e. The molecule has 0 saturated heterocycles. The Morgan fingerprint density at radius 2 is 1.21 bits per heavy atom. The number of ether oxygens (including phenoxy) is 1. The number of hydrogen-bond donors (Lipinski definition) is 0. The Kier molecular flexibility index (Phi) is 15.6. The van der Waals surface area contributed by atoms with Crippen LogP contribution in [0.2, 0.25) is 0 Å². The molecule has 0 spiro atoms. The fourth-order valence-electron chi connectivity index (χ4n) is 1.95. The molecule has 116 valence electrons. The van der Waals surface area contributed by atoms with Crippen LogP contribution in [0.1, 0.15) is 59.3 Å². The maximum Gasteiger partial charge on any atom is 0.251 e. The van der Waals surface area contributed by atoms with Crippen molar-refractivity contribution in [3.05, 3.63) is 0 Å². The van der Waals surface area contributed by atoms with Crippen LogP contribution in [-0.4, -0.2) is 38.4 Å². The van der Waals surface area contributed by atoms with E-state index in [2.05, 4.69) is 32.2 Å². The summed E-state index contributed by atoms with van der Waals surface area (Å²) in [6, 6.07) is 0. The lowest BCUT2D eigenvalue weighted by molar-refractivity contribution is -0.279. The minimum Gasteiger partial charge on any atom is -0.553 e. The molecule has 0 rings (SSSR count). The first kappa shape index (κ1) is 21.0. The van der Waals surface area contributed by atoms with Gasteiger partial charge in [-0.1, -0.05) is 40.0 Å². The topological polar surface area (TPSA) is 49.4 Å². The lowest BCUT2D eigenvalue weighted by atomic mass is 10.4. The Hall–Kier alpha value is -0.300. The Morgan fingerprint density at radius 3 is 1.37 bits per heavy atom. The number of carbonyl (C=O) groups is 1. The zero-order valence-corrected chi connectivity index (χ0v) is 14.4. The fraction of sp³-hybridized carbons (Fsp3) is 0.933. The van der Waals surface area contributed by atoms with Crippen molar-refractivity contribution in [2.24, 2.45) is 0 Å². The molecular weight excluding hydrogens is 259 g/mol. The van der Waals surface area contributed by atoms with E-state index < -0.39 is 13.4 Å². The molecule has 0 saturated carbocycles. The highest BCUT2D eigenvalue weighted by Gasteiger charge is 2.28. The van der Waals surface area contributed by atoms with Gasteiger partial charge in [-0.3, -0.25) is 0 Å². The number of carbonyl (C=O) groups excluding carboxylic acids is 1. The third-order valence-corrected chi connectivity index (χ3v) is 7.51. The molecule has 0 unspecified atom stereocenters. The molecule has 0 aromatic rings. The van der Waals surface area contributed by atoms with Crippen LogP contribution in [0, 0.1) is 0 Å². The van der Waals surface area contributed by atoms with Crippen molar-refractivity contribution < 1.29 is 14.6 Å². The molecule has 0 amide bonds. The third kappa shape index (κ3) is 15.6. The number of carboxylic acid groups (broad SMARTS) is 1. The second kappa shape index (κ2) is 14.1. The van der Waals surface area contributed by atoms with E-state index in [0.717, 1.165) is 7.11 Å². The summed E-state index contributed by atoms with van der Waals surface area (Å²) in [7, 11) is 0.518. The summed E-state index contributed by atoms with van der Waals surface area (Å²) in [5.41, 5.74) is 0. The quantitative estimate of drug-likeness (QED) is 0.476. The van der Waals surface area contributed by atoms with Crippen LogP contribution in [-0.2, 0) is 4.74 Å². The third-order valence-electron chi connectivity index (χ3n) is 3.32. The first-order chi connectivity index (χ1) is 8.95. The van der Waals surface area contributed by atoms with Gasteiger partial charge in [-0.15, -0.1) is 0 Å². The normalized spacial score (nSPS) is 10.6. The number of hydrogen-bond acceptors (Lipinski definition) is 3. The maximum atomic E-state index is 9.03. The van der Waals surface area contributed by atoms with E-state index in [1.165, 1.54) is 38.5 Å². The van der Waals surface area contributed by atoms with Crippen molar-refractivity contribution in [3.8, 4) is 0 Å². The van der Waals surface area contributed by atoms with Crippen LogP contribution in [0.4, 0.5) is 4.79 Å². The number of rotatable bonds is 9. The molecule has 0 atom stereocenters. The second-order valence-corrected chi connectivity index (χ2v) is 9.89. The summed E-state index contributed by atoms with van der Waals surface area (Å²) < 4.78 is 3.56. The Morgan fingerprint density at radius 1 is 0.947 bits per heavy atom. The highest BCUT2D eigenvalue weighted by Crippen LogP contribution is 2.57. The van der Waals surface area contributed by atoms with Crippen molar-refractivity contribution in [1.82, 2.24) is 0 Å². The summed E-state index contributed by atoms with van der Waals surface area (Å²) in [4.78, 5) is 9.03. The molecule has 0 bridgehead atoms. The van der Waals surface area contributed by atoms with Gasteiger partial charge in [0.15, 0.2) is 0 Å². The molecule has 0 aliphatic carbocycles. The number of unbranched alkanes of at least 4 members (excludes halogenated alkanes) is 3. The molecule has 19 heavy (non-hydrogen) atoms. The lowest BCUT2D eigenvalue weighted by Gasteiger charge is -2.22. The van der Waals surface area contributed by atoms with Crippen molar-refractivity contribution in [3.63, 3.8) is 0 Å². The highest BCUT2D eigenvalue weighted by atomic mass is 31.2. The van der Waals surface area contributed by atoms with Gasteiger partial charge in [0.05, 0.1) is 18.5 Å². The van der Waals surface area contributed by atoms with Crippen LogP contribution < -0.4 is 5.11 Å². The summed E-state index contributed by atoms with van der Waals surface area (Å²) in [6.45, 7) is 9.59. The van der Waals surface area contributed by atoms with Crippen LogP contribution in [0.15, 0.2) is 0 Å². The monoisotopic (exact) mass is 292 g/mol. The van der Waals surface area contributed by atoms with Gasteiger partial charge in [-0.25, -0.2) is 0 Å².